The van der Waals surface area contributed by atoms with Crippen LogP contribution in [-0.4, -0.2) is 20.7 Å². The second-order valence-corrected chi connectivity index (χ2v) is 9.30. The number of allylic oxidation sites excluding steroid dienone is 1. The summed E-state index contributed by atoms with van der Waals surface area (Å²) in [6.45, 7) is 1.85. The van der Waals surface area contributed by atoms with Gasteiger partial charge < -0.3 is 10.6 Å². The van der Waals surface area contributed by atoms with Gasteiger partial charge in [-0.1, -0.05) is 78.0 Å². The van der Waals surface area contributed by atoms with E-state index in [0.717, 1.165) is 5.56 Å². The highest BCUT2D eigenvalue weighted by molar-refractivity contribution is 7.98. The van der Waals surface area contributed by atoms with Crippen molar-refractivity contribution >= 4 is 40.9 Å². The Hall–Kier alpha value is -3.62. The second-order valence-electron chi connectivity index (χ2n) is 7.95. The van der Waals surface area contributed by atoms with E-state index in [4.69, 9.17) is 11.6 Å². The summed E-state index contributed by atoms with van der Waals surface area (Å²) >= 11 is 7.46. The van der Waals surface area contributed by atoms with Crippen LogP contribution in [0.4, 0.5) is 16.0 Å². The fourth-order valence-corrected chi connectivity index (χ4v) is 5.13. The van der Waals surface area contributed by atoms with E-state index in [9.17, 15) is 9.18 Å². The summed E-state index contributed by atoms with van der Waals surface area (Å²) in [4.78, 5) is 18.0. The van der Waals surface area contributed by atoms with Crippen LogP contribution in [0.15, 0.2) is 95.3 Å². The molecule has 2 heterocycles. The molecule has 0 bridgehead atoms. The van der Waals surface area contributed by atoms with Gasteiger partial charge in [0.15, 0.2) is 0 Å². The number of hydrogen-bond acceptors (Lipinski definition) is 5. The maximum Gasteiger partial charge on any atom is 0.255 e. The van der Waals surface area contributed by atoms with Gasteiger partial charge in [-0.25, -0.2) is 9.07 Å². The summed E-state index contributed by atoms with van der Waals surface area (Å²) in [5.74, 6) is 0.184. The molecule has 1 aliphatic heterocycles. The molecule has 0 unspecified atom stereocenters. The van der Waals surface area contributed by atoms with Gasteiger partial charge in [-0.3, -0.25) is 4.79 Å². The molecule has 3 aromatic carbocycles. The van der Waals surface area contributed by atoms with E-state index in [2.05, 4.69) is 20.7 Å². The van der Waals surface area contributed by atoms with E-state index in [1.165, 1.54) is 17.8 Å². The van der Waals surface area contributed by atoms with E-state index in [1.54, 1.807) is 16.8 Å². The number of rotatable bonds is 6. The van der Waals surface area contributed by atoms with Crippen molar-refractivity contribution in [3.05, 3.63) is 112 Å². The topological polar surface area (TPSA) is 71.8 Å². The number of hydrogen-bond donors (Lipinski definition) is 2. The summed E-state index contributed by atoms with van der Waals surface area (Å²) in [7, 11) is 0. The molecule has 5 rings (SSSR count). The lowest BCUT2D eigenvalue weighted by molar-refractivity contribution is -0.113. The molecule has 1 atom stereocenters. The third-order valence-corrected chi connectivity index (χ3v) is 6.85. The number of nitrogens with one attached hydrogen (secondary N) is 2. The molecule has 0 aliphatic carbocycles. The molecule has 0 spiro atoms. The fourth-order valence-electron chi connectivity index (χ4n) is 3.96. The zero-order valence-electron chi connectivity index (χ0n) is 18.7. The highest BCUT2D eigenvalue weighted by Crippen LogP contribution is 2.37. The molecule has 1 aromatic heterocycles. The summed E-state index contributed by atoms with van der Waals surface area (Å²) in [6.07, 6.45) is 0. The third kappa shape index (κ3) is 4.80. The van der Waals surface area contributed by atoms with Gasteiger partial charge in [-0.05, 0) is 36.8 Å². The first-order chi connectivity index (χ1) is 17.0. The van der Waals surface area contributed by atoms with Crippen LogP contribution >= 0.6 is 23.4 Å². The maximum atomic E-state index is 14.2. The number of carbonyl (C=O) groups is 1. The zero-order valence-corrected chi connectivity index (χ0v) is 20.3. The molecule has 4 aromatic rings. The molecule has 0 fully saturated rings. The Bertz CT molecular complexity index is 1390. The van der Waals surface area contributed by atoms with Crippen molar-refractivity contribution in [2.45, 2.75) is 23.9 Å². The lowest BCUT2D eigenvalue weighted by Gasteiger charge is -2.28. The van der Waals surface area contributed by atoms with Crippen molar-refractivity contribution in [3.8, 4) is 0 Å². The first-order valence-corrected chi connectivity index (χ1v) is 12.3. The Balaban J connectivity index is 1.48. The fraction of sp³-hybridized carbons (Fsp3) is 0.115. The van der Waals surface area contributed by atoms with Crippen LogP contribution in [-0.2, 0) is 10.5 Å². The van der Waals surface area contributed by atoms with Gasteiger partial charge >= 0.3 is 0 Å². The number of aromatic nitrogens is 3. The van der Waals surface area contributed by atoms with Crippen molar-refractivity contribution in [2.75, 3.05) is 10.6 Å². The van der Waals surface area contributed by atoms with E-state index in [0.29, 0.717) is 38.6 Å². The van der Waals surface area contributed by atoms with Crippen LogP contribution in [0.2, 0.25) is 5.02 Å². The molecule has 6 nitrogen and oxygen atoms in total. The second kappa shape index (κ2) is 9.93. The minimum atomic E-state index is -0.491. The van der Waals surface area contributed by atoms with Gasteiger partial charge in [0.1, 0.15) is 11.9 Å². The molecule has 0 saturated carbocycles. The summed E-state index contributed by atoms with van der Waals surface area (Å²) in [5.41, 5.74) is 3.21. The Morgan fingerprint density at radius 1 is 1.09 bits per heavy atom. The van der Waals surface area contributed by atoms with Crippen molar-refractivity contribution in [1.82, 2.24) is 14.8 Å². The molecule has 9 heteroatoms. The Morgan fingerprint density at radius 3 is 2.51 bits per heavy atom. The standard InChI is InChI=1S/C26H21ClFN5OS/c1-16-22(24(34)30-18-11-6-3-7-12-18)23(17-9-4-2-5-10-17)33-25(29-16)31-26(32-33)35-15-19-20(27)13-8-14-21(19)28/h2-14,23H,15H2,1H3,(H,30,34)(H,29,31,32)/t23-/m0/s1. The van der Waals surface area contributed by atoms with Gasteiger partial charge in [0.2, 0.25) is 11.1 Å². The van der Waals surface area contributed by atoms with Crippen molar-refractivity contribution in [1.29, 1.82) is 0 Å². The van der Waals surface area contributed by atoms with Gasteiger partial charge in [0, 0.05) is 27.7 Å². The Morgan fingerprint density at radius 2 is 1.80 bits per heavy atom. The smallest absolute Gasteiger partial charge is 0.255 e. The van der Waals surface area contributed by atoms with Crippen LogP contribution < -0.4 is 10.6 Å². The molecule has 0 radical (unpaired) electrons. The number of nitrogens with zero attached hydrogens (tertiary/aromatic N) is 3. The van der Waals surface area contributed by atoms with Gasteiger partial charge in [0.25, 0.3) is 5.91 Å². The predicted molar refractivity (Wildman–Crippen MR) is 137 cm³/mol. The molecule has 35 heavy (non-hydrogen) atoms. The monoisotopic (exact) mass is 505 g/mol. The first-order valence-electron chi connectivity index (χ1n) is 10.9. The highest BCUT2D eigenvalue weighted by atomic mass is 35.5. The van der Waals surface area contributed by atoms with Gasteiger partial charge in [-0.2, -0.15) is 4.98 Å². The lowest BCUT2D eigenvalue weighted by Crippen LogP contribution is -2.31. The van der Waals surface area contributed by atoms with E-state index in [1.807, 2.05) is 67.6 Å². The van der Waals surface area contributed by atoms with Crippen molar-refractivity contribution < 1.29 is 9.18 Å². The SMILES string of the molecule is CC1=C(C(=O)Nc2ccccc2)[C@H](c2ccccc2)n2nc(SCc3c(F)cccc3Cl)nc2N1. The van der Waals surface area contributed by atoms with E-state index in [-0.39, 0.29) is 17.5 Å². The average molecular weight is 506 g/mol. The number of thioether (sulfide) groups is 1. The number of halogens is 2. The van der Waals surface area contributed by atoms with Crippen molar-refractivity contribution in [3.63, 3.8) is 0 Å². The van der Waals surface area contributed by atoms with Gasteiger partial charge in [0.05, 0.1) is 5.57 Å². The number of fused-ring (bicyclic) bond motifs is 1. The lowest BCUT2D eigenvalue weighted by atomic mass is 9.95. The van der Waals surface area contributed by atoms with Crippen LogP contribution in [0.3, 0.4) is 0 Å². The molecular weight excluding hydrogens is 485 g/mol. The van der Waals surface area contributed by atoms with E-state index < -0.39 is 6.04 Å². The van der Waals surface area contributed by atoms with Crippen molar-refractivity contribution in [2.24, 2.45) is 0 Å². The number of anilines is 2. The number of amides is 1. The maximum absolute atomic E-state index is 14.2. The van der Waals surface area contributed by atoms with Crippen LogP contribution in [0, 0.1) is 5.82 Å². The summed E-state index contributed by atoms with van der Waals surface area (Å²) in [6, 6.07) is 23.1. The van der Waals surface area contributed by atoms with Crippen LogP contribution in [0.25, 0.3) is 0 Å². The molecule has 2 N–H and O–H groups in total. The van der Waals surface area contributed by atoms with Crippen LogP contribution in [0.5, 0.6) is 0 Å². The molecule has 0 saturated heterocycles. The zero-order chi connectivity index (χ0) is 24.4. The normalized spacial score (nSPS) is 14.9. The molecule has 176 valence electrons. The third-order valence-electron chi connectivity index (χ3n) is 5.63. The van der Waals surface area contributed by atoms with E-state index >= 15 is 0 Å². The number of para-hydroxylation sites is 1. The summed E-state index contributed by atoms with van der Waals surface area (Å²) in [5, 5.41) is 11.7. The minimum absolute atomic E-state index is 0.233. The number of benzene rings is 3. The molecular formula is C26H21ClFN5OS. The Labute approximate surface area is 211 Å². The Kier molecular flexibility index (Phi) is 6.57. The van der Waals surface area contributed by atoms with Crippen LogP contribution in [0.1, 0.15) is 24.1 Å². The molecule has 1 amide bonds. The first kappa shape index (κ1) is 23.1. The van der Waals surface area contributed by atoms with Gasteiger partial charge in [-0.15, -0.1) is 5.10 Å². The summed E-state index contributed by atoms with van der Waals surface area (Å²) < 4.78 is 15.9. The minimum Gasteiger partial charge on any atom is -0.328 e. The average Bonchev–Trinajstić information content (AvgIpc) is 3.26. The quantitative estimate of drug-likeness (QED) is 0.301. The largest absolute Gasteiger partial charge is 0.328 e. The highest BCUT2D eigenvalue weighted by Gasteiger charge is 2.34. The molecule has 1 aliphatic rings. The number of carbonyl (C=O) groups excluding carboxylic acids is 1. The predicted octanol–water partition coefficient (Wildman–Crippen LogP) is 6.29.